The van der Waals surface area contributed by atoms with Crippen LogP contribution in [0.25, 0.3) is 0 Å². The van der Waals surface area contributed by atoms with Gasteiger partial charge in [0.05, 0.1) is 0 Å². The molecule has 2 aliphatic rings. The number of hydrogen-bond acceptors (Lipinski definition) is 7. The lowest BCUT2D eigenvalue weighted by Gasteiger charge is -2.28. The molecule has 0 bridgehead atoms. The molecular formula is C18H23N5O2. The molecule has 1 aromatic carbocycles. The second kappa shape index (κ2) is 7.14. The average molecular weight is 341 g/mol. The number of fused-ring (bicyclic) bond motifs is 1. The van der Waals surface area contributed by atoms with Crippen LogP contribution >= 0.6 is 0 Å². The van der Waals surface area contributed by atoms with Crippen LogP contribution in [0.3, 0.4) is 0 Å². The molecule has 7 heteroatoms. The average Bonchev–Trinajstić information content (AvgIpc) is 3.10. The Balaban J connectivity index is 1.43. The number of aromatic nitrogens is 2. The largest absolute Gasteiger partial charge is 0.454 e. The molecule has 1 fully saturated rings. The molecule has 2 aromatic rings. The summed E-state index contributed by atoms with van der Waals surface area (Å²) >= 11 is 0. The van der Waals surface area contributed by atoms with Gasteiger partial charge in [0, 0.05) is 31.4 Å². The minimum atomic E-state index is 0.276. The molecule has 1 saturated heterocycles. The molecule has 0 atom stereocenters. The number of nitrogens with one attached hydrogen (secondary N) is 2. The molecule has 25 heavy (non-hydrogen) atoms. The highest BCUT2D eigenvalue weighted by Crippen LogP contribution is 2.35. The smallest absolute Gasteiger partial charge is 0.231 e. The second-order valence-electron chi connectivity index (χ2n) is 6.53. The summed E-state index contributed by atoms with van der Waals surface area (Å²) in [7, 11) is 2.09. The first-order valence-electron chi connectivity index (χ1n) is 8.68. The van der Waals surface area contributed by atoms with Gasteiger partial charge in [0.25, 0.3) is 0 Å². The molecule has 0 saturated carbocycles. The summed E-state index contributed by atoms with van der Waals surface area (Å²) in [6.45, 7) is 3.51. The summed E-state index contributed by atoms with van der Waals surface area (Å²) in [4.78, 5) is 11.0. The number of hydrogen-bond donors (Lipinski definition) is 2. The minimum Gasteiger partial charge on any atom is -0.454 e. The number of rotatable bonds is 5. The zero-order valence-electron chi connectivity index (χ0n) is 14.4. The Hall–Kier alpha value is -2.54. The third-order valence-corrected chi connectivity index (χ3v) is 4.68. The van der Waals surface area contributed by atoms with Crippen molar-refractivity contribution in [2.45, 2.75) is 12.8 Å². The van der Waals surface area contributed by atoms with Crippen LogP contribution < -0.4 is 25.0 Å². The SMILES string of the molecule is CN(CC1CCNCC1)c1cc(Nc2ccc3c(c2)OCO3)ncn1. The first-order valence-corrected chi connectivity index (χ1v) is 8.68. The number of anilines is 3. The second-order valence-corrected chi connectivity index (χ2v) is 6.53. The van der Waals surface area contributed by atoms with Crippen molar-refractivity contribution in [2.24, 2.45) is 5.92 Å². The maximum absolute atomic E-state index is 5.42. The fourth-order valence-corrected chi connectivity index (χ4v) is 3.29. The van der Waals surface area contributed by atoms with Gasteiger partial charge in [-0.3, -0.25) is 0 Å². The monoisotopic (exact) mass is 341 g/mol. The van der Waals surface area contributed by atoms with Crippen molar-refractivity contribution in [2.75, 3.05) is 43.7 Å². The fourth-order valence-electron chi connectivity index (χ4n) is 3.29. The van der Waals surface area contributed by atoms with Crippen LogP contribution in [0.1, 0.15) is 12.8 Å². The third-order valence-electron chi connectivity index (χ3n) is 4.68. The molecule has 0 unspecified atom stereocenters. The van der Waals surface area contributed by atoms with Crippen molar-refractivity contribution < 1.29 is 9.47 Å². The highest BCUT2D eigenvalue weighted by molar-refractivity contribution is 5.63. The minimum absolute atomic E-state index is 0.276. The molecule has 0 amide bonds. The van der Waals surface area contributed by atoms with E-state index >= 15 is 0 Å². The van der Waals surface area contributed by atoms with E-state index in [4.69, 9.17) is 9.47 Å². The van der Waals surface area contributed by atoms with Crippen LogP contribution in [0.5, 0.6) is 11.5 Å². The normalized spacial score (nSPS) is 16.7. The van der Waals surface area contributed by atoms with Crippen molar-refractivity contribution in [3.8, 4) is 11.5 Å². The number of piperidine rings is 1. The first-order chi connectivity index (χ1) is 12.3. The summed E-state index contributed by atoms with van der Waals surface area (Å²) < 4.78 is 10.8. The van der Waals surface area contributed by atoms with E-state index in [1.807, 2.05) is 24.3 Å². The molecule has 7 nitrogen and oxygen atoms in total. The van der Waals surface area contributed by atoms with Crippen molar-refractivity contribution in [1.82, 2.24) is 15.3 Å². The Kier molecular flexibility index (Phi) is 4.56. The molecule has 4 rings (SSSR count). The van der Waals surface area contributed by atoms with Crippen LogP contribution in [0, 0.1) is 5.92 Å². The summed E-state index contributed by atoms with van der Waals surface area (Å²) in [6.07, 6.45) is 4.04. The van der Waals surface area contributed by atoms with Crippen molar-refractivity contribution in [3.63, 3.8) is 0 Å². The Morgan fingerprint density at radius 3 is 2.88 bits per heavy atom. The summed E-state index contributed by atoms with van der Waals surface area (Å²) in [5.41, 5.74) is 0.912. The Bertz CT molecular complexity index is 733. The Morgan fingerprint density at radius 1 is 1.16 bits per heavy atom. The molecule has 0 radical (unpaired) electrons. The fraction of sp³-hybridized carbons (Fsp3) is 0.444. The Labute approximate surface area is 147 Å². The zero-order valence-corrected chi connectivity index (χ0v) is 14.4. The van der Waals surface area contributed by atoms with Crippen LogP contribution in [0.15, 0.2) is 30.6 Å². The summed E-state index contributed by atoms with van der Waals surface area (Å²) in [5, 5.41) is 6.72. The van der Waals surface area contributed by atoms with Gasteiger partial charge in [-0.2, -0.15) is 0 Å². The van der Waals surface area contributed by atoms with Crippen molar-refractivity contribution in [3.05, 3.63) is 30.6 Å². The quantitative estimate of drug-likeness (QED) is 0.865. The van der Waals surface area contributed by atoms with Gasteiger partial charge in [0.1, 0.15) is 18.0 Å². The predicted molar refractivity (Wildman–Crippen MR) is 96.7 cm³/mol. The molecule has 132 valence electrons. The van der Waals surface area contributed by atoms with E-state index in [-0.39, 0.29) is 6.79 Å². The predicted octanol–water partition coefficient (Wildman–Crippen LogP) is 2.38. The molecule has 0 aliphatic carbocycles. The van der Waals surface area contributed by atoms with E-state index < -0.39 is 0 Å². The number of ether oxygens (including phenoxy) is 2. The van der Waals surface area contributed by atoms with Gasteiger partial charge in [0.15, 0.2) is 11.5 Å². The van der Waals surface area contributed by atoms with Gasteiger partial charge in [-0.1, -0.05) is 0 Å². The highest BCUT2D eigenvalue weighted by Gasteiger charge is 2.17. The van der Waals surface area contributed by atoms with E-state index in [0.29, 0.717) is 5.92 Å². The van der Waals surface area contributed by atoms with Crippen LogP contribution in [0.4, 0.5) is 17.3 Å². The Morgan fingerprint density at radius 2 is 2.00 bits per heavy atom. The lowest BCUT2D eigenvalue weighted by Crippen LogP contribution is -2.34. The van der Waals surface area contributed by atoms with Gasteiger partial charge < -0.3 is 25.0 Å². The van der Waals surface area contributed by atoms with Gasteiger partial charge in [-0.15, -0.1) is 0 Å². The van der Waals surface area contributed by atoms with E-state index in [0.717, 1.165) is 48.5 Å². The highest BCUT2D eigenvalue weighted by atomic mass is 16.7. The van der Waals surface area contributed by atoms with Crippen molar-refractivity contribution >= 4 is 17.3 Å². The standard InChI is InChI=1S/C18H23N5O2/c1-23(10-13-4-6-19-7-5-13)18-9-17(20-11-21-18)22-14-2-3-15-16(8-14)25-12-24-15/h2-3,8-9,11,13,19H,4-7,10,12H2,1H3,(H,20,21,22). The van der Waals surface area contributed by atoms with E-state index in [9.17, 15) is 0 Å². The first kappa shape index (κ1) is 16.0. The van der Waals surface area contributed by atoms with E-state index in [2.05, 4.69) is 32.5 Å². The topological polar surface area (TPSA) is 71.5 Å². The van der Waals surface area contributed by atoms with Gasteiger partial charge in [0.2, 0.25) is 6.79 Å². The molecule has 1 aromatic heterocycles. The lowest BCUT2D eigenvalue weighted by molar-refractivity contribution is 0.174. The van der Waals surface area contributed by atoms with E-state index in [1.54, 1.807) is 6.33 Å². The molecule has 2 N–H and O–H groups in total. The van der Waals surface area contributed by atoms with E-state index in [1.165, 1.54) is 12.8 Å². The van der Waals surface area contributed by atoms with Gasteiger partial charge >= 0.3 is 0 Å². The number of nitrogens with zero attached hydrogens (tertiary/aromatic N) is 3. The van der Waals surface area contributed by atoms with Crippen LogP contribution in [0.2, 0.25) is 0 Å². The number of benzene rings is 1. The maximum atomic E-state index is 5.42. The molecular weight excluding hydrogens is 318 g/mol. The molecule has 3 heterocycles. The maximum Gasteiger partial charge on any atom is 0.231 e. The lowest BCUT2D eigenvalue weighted by atomic mass is 9.98. The van der Waals surface area contributed by atoms with Crippen LogP contribution in [-0.4, -0.2) is 43.4 Å². The molecule has 0 spiro atoms. The summed E-state index contributed by atoms with van der Waals surface area (Å²) in [6, 6.07) is 7.75. The summed E-state index contributed by atoms with van der Waals surface area (Å²) in [5.74, 6) is 3.93. The van der Waals surface area contributed by atoms with Crippen molar-refractivity contribution in [1.29, 1.82) is 0 Å². The van der Waals surface area contributed by atoms with Crippen LogP contribution in [-0.2, 0) is 0 Å². The third kappa shape index (κ3) is 3.76. The zero-order chi connectivity index (χ0) is 17.1. The van der Waals surface area contributed by atoms with Gasteiger partial charge in [-0.25, -0.2) is 9.97 Å². The molecule has 2 aliphatic heterocycles. The van der Waals surface area contributed by atoms with Gasteiger partial charge in [-0.05, 0) is 44.0 Å².